The number of carboxylic acid groups (broad SMARTS) is 1. The van der Waals surface area contributed by atoms with Crippen LogP contribution in [0.1, 0.15) is 19.8 Å². The van der Waals surface area contributed by atoms with Gasteiger partial charge in [0.05, 0.1) is 19.0 Å². The van der Waals surface area contributed by atoms with Crippen molar-refractivity contribution in [3.05, 3.63) is 0 Å². The predicted octanol–water partition coefficient (Wildman–Crippen LogP) is 0.255. The van der Waals surface area contributed by atoms with Gasteiger partial charge in [-0.15, -0.1) is 12.4 Å². The summed E-state index contributed by atoms with van der Waals surface area (Å²) in [4.78, 5) is 13.0. The Hall–Kier alpha value is -0.410. The molecule has 1 saturated heterocycles. The highest BCUT2D eigenvalue weighted by Crippen LogP contribution is 2.10. The number of unbranched alkanes of at least 4 members (excludes halogenated alkanes) is 1. The Morgan fingerprint density at radius 3 is 2.67 bits per heavy atom. The molecule has 7 nitrogen and oxygen atoms in total. The van der Waals surface area contributed by atoms with Crippen LogP contribution < -0.4 is 0 Å². The van der Waals surface area contributed by atoms with Gasteiger partial charge < -0.3 is 9.84 Å². The third kappa shape index (κ3) is 7.96. The molecule has 1 heterocycles. The fourth-order valence-electron chi connectivity index (χ4n) is 2.17. The fourth-order valence-corrected chi connectivity index (χ4v) is 2.95. The zero-order valence-corrected chi connectivity index (χ0v) is 14.2. The maximum Gasteiger partial charge on any atom is 0.318 e. The van der Waals surface area contributed by atoms with Crippen molar-refractivity contribution < 1.29 is 23.1 Å². The first kappa shape index (κ1) is 20.6. The molecule has 0 aromatic heterocycles. The number of rotatable bonds is 8. The van der Waals surface area contributed by atoms with E-state index in [-0.39, 0.29) is 25.1 Å². The molecule has 0 amide bonds. The summed E-state index contributed by atoms with van der Waals surface area (Å²) in [5.41, 5.74) is 0. The Bertz CT molecular complexity index is 418. The van der Waals surface area contributed by atoms with E-state index in [4.69, 9.17) is 9.84 Å². The Balaban J connectivity index is 0.00000400. The van der Waals surface area contributed by atoms with Gasteiger partial charge in [0.1, 0.15) is 6.54 Å². The van der Waals surface area contributed by atoms with Gasteiger partial charge in [0, 0.05) is 19.6 Å². The number of morpholine rings is 1. The van der Waals surface area contributed by atoms with Gasteiger partial charge in [-0.05, 0) is 13.0 Å². The Morgan fingerprint density at radius 2 is 2.14 bits per heavy atom. The molecule has 1 fully saturated rings. The van der Waals surface area contributed by atoms with Crippen molar-refractivity contribution in [2.45, 2.75) is 25.9 Å². The van der Waals surface area contributed by atoms with E-state index < -0.39 is 22.5 Å². The van der Waals surface area contributed by atoms with E-state index >= 15 is 0 Å². The van der Waals surface area contributed by atoms with Gasteiger partial charge in [0.2, 0.25) is 10.0 Å². The molecule has 1 rings (SSSR count). The van der Waals surface area contributed by atoms with Crippen molar-refractivity contribution >= 4 is 28.4 Å². The van der Waals surface area contributed by atoms with Crippen molar-refractivity contribution in [1.29, 1.82) is 0 Å². The van der Waals surface area contributed by atoms with Gasteiger partial charge in [-0.25, -0.2) is 8.42 Å². The van der Waals surface area contributed by atoms with Gasteiger partial charge in [-0.2, -0.15) is 4.31 Å². The summed E-state index contributed by atoms with van der Waals surface area (Å²) >= 11 is 0. The van der Waals surface area contributed by atoms with E-state index in [9.17, 15) is 13.2 Å². The van der Waals surface area contributed by atoms with E-state index in [1.165, 1.54) is 0 Å². The van der Waals surface area contributed by atoms with Gasteiger partial charge >= 0.3 is 5.97 Å². The molecule has 0 aromatic rings. The second-order valence-corrected chi connectivity index (χ2v) is 7.08. The van der Waals surface area contributed by atoms with Crippen molar-refractivity contribution in [2.24, 2.45) is 0 Å². The molecule has 1 atom stereocenters. The average Bonchev–Trinajstić information content (AvgIpc) is 2.34. The smallest absolute Gasteiger partial charge is 0.318 e. The summed E-state index contributed by atoms with van der Waals surface area (Å²) in [5.74, 6) is -1.16. The van der Waals surface area contributed by atoms with Crippen LogP contribution in [0.4, 0.5) is 0 Å². The van der Waals surface area contributed by atoms with Crippen LogP contribution in [0.15, 0.2) is 0 Å². The Kier molecular flexibility index (Phi) is 9.39. The number of hydrogen-bond donors (Lipinski definition) is 1. The van der Waals surface area contributed by atoms with E-state index in [1.54, 1.807) is 0 Å². The summed E-state index contributed by atoms with van der Waals surface area (Å²) in [7, 11) is -3.54. The van der Waals surface area contributed by atoms with E-state index in [0.29, 0.717) is 13.2 Å². The van der Waals surface area contributed by atoms with Crippen molar-refractivity contribution in [1.82, 2.24) is 9.21 Å². The molecular weight excluding hydrogens is 320 g/mol. The monoisotopic (exact) mass is 344 g/mol. The molecule has 1 unspecified atom stereocenters. The van der Waals surface area contributed by atoms with Gasteiger partial charge in [0.25, 0.3) is 0 Å². The molecule has 0 spiro atoms. The molecule has 0 bridgehead atoms. The van der Waals surface area contributed by atoms with Crippen LogP contribution >= 0.6 is 12.4 Å². The zero-order chi connectivity index (χ0) is 15.2. The first-order chi connectivity index (χ1) is 9.32. The Morgan fingerprint density at radius 1 is 1.48 bits per heavy atom. The van der Waals surface area contributed by atoms with Crippen LogP contribution in [-0.4, -0.2) is 80.4 Å². The predicted molar refractivity (Wildman–Crippen MR) is 82.4 cm³/mol. The number of carboxylic acids is 1. The van der Waals surface area contributed by atoms with Crippen LogP contribution in [0.3, 0.4) is 0 Å². The van der Waals surface area contributed by atoms with E-state index in [0.717, 1.165) is 36.5 Å². The molecule has 1 N–H and O–H groups in total. The molecule has 0 aromatic carbocycles. The average molecular weight is 345 g/mol. The quantitative estimate of drug-likeness (QED) is 0.679. The normalized spacial score (nSPS) is 20.2. The number of aliphatic carboxylic acids is 1. The molecule has 0 aliphatic carbocycles. The minimum absolute atomic E-state index is 0. The summed E-state index contributed by atoms with van der Waals surface area (Å²) in [6.45, 7) is 4.70. The van der Waals surface area contributed by atoms with Crippen LogP contribution in [-0.2, 0) is 19.6 Å². The molecule has 9 heteroatoms. The lowest BCUT2D eigenvalue weighted by molar-refractivity contribution is -0.137. The molecule has 21 heavy (non-hydrogen) atoms. The SMILES string of the molecule is CCCCN1CCOC(CN(CC(=O)O)S(C)(=O)=O)C1.Cl. The summed E-state index contributed by atoms with van der Waals surface area (Å²) in [6.07, 6.45) is 2.96. The van der Waals surface area contributed by atoms with Crippen molar-refractivity contribution in [2.75, 3.05) is 45.6 Å². The fraction of sp³-hybridized carbons (Fsp3) is 0.917. The van der Waals surface area contributed by atoms with Crippen molar-refractivity contribution in [3.8, 4) is 0 Å². The lowest BCUT2D eigenvalue weighted by Crippen LogP contribution is -2.49. The number of nitrogens with zero attached hydrogens (tertiary/aromatic N) is 2. The number of ether oxygens (including phenoxy) is 1. The van der Waals surface area contributed by atoms with Crippen LogP contribution in [0.25, 0.3) is 0 Å². The number of sulfonamides is 1. The van der Waals surface area contributed by atoms with Gasteiger partial charge in [-0.1, -0.05) is 13.3 Å². The molecule has 1 aliphatic rings. The third-order valence-corrected chi connectivity index (χ3v) is 4.45. The Labute approximate surface area is 132 Å². The summed E-state index contributed by atoms with van der Waals surface area (Å²) in [5, 5.41) is 8.79. The number of carbonyl (C=O) groups is 1. The highest BCUT2D eigenvalue weighted by molar-refractivity contribution is 7.88. The minimum atomic E-state index is -3.54. The van der Waals surface area contributed by atoms with Gasteiger partial charge in [0.15, 0.2) is 0 Å². The summed E-state index contributed by atoms with van der Waals surface area (Å²) in [6, 6.07) is 0. The maximum atomic E-state index is 11.6. The van der Waals surface area contributed by atoms with Crippen LogP contribution in [0.5, 0.6) is 0 Å². The molecular formula is C12H25ClN2O5S. The second-order valence-electron chi connectivity index (χ2n) is 5.10. The van der Waals surface area contributed by atoms with E-state index in [1.807, 2.05) is 0 Å². The molecule has 0 radical (unpaired) electrons. The minimum Gasteiger partial charge on any atom is -0.480 e. The number of hydrogen-bond acceptors (Lipinski definition) is 5. The standard InChI is InChI=1S/C12H24N2O5S.ClH/c1-3-4-5-13-6-7-19-11(8-13)9-14(10-12(15)16)20(2,17)18;/h11H,3-10H2,1-2H3,(H,15,16);1H. The number of halogens is 1. The third-order valence-electron chi connectivity index (χ3n) is 3.24. The van der Waals surface area contributed by atoms with Crippen molar-refractivity contribution in [3.63, 3.8) is 0 Å². The maximum absolute atomic E-state index is 11.6. The summed E-state index contributed by atoms with van der Waals surface area (Å²) < 4.78 is 29.7. The zero-order valence-electron chi connectivity index (χ0n) is 12.5. The van der Waals surface area contributed by atoms with E-state index in [2.05, 4.69) is 11.8 Å². The highest BCUT2D eigenvalue weighted by Gasteiger charge is 2.27. The largest absolute Gasteiger partial charge is 0.480 e. The molecule has 126 valence electrons. The van der Waals surface area contributed by atoms with Gasteiger partial charge in [-0.3, -0.25) is 9.69 Å². The molecule has 0 saturated carbocycles. The lowest BCUT2D eigenvalue weighted by Gasteiger charge is -2.34. The molecule has 1 aliphatic heterocycles. The van der Waals surface area contributed by atoms with Crippen LogP contribution in [0.2, 0.25) is 0 Å². The topological polar surface area (TPSA) is 87.2 Å². The second kappa shape index (κ2) is 9.58. The lowest BCUT2D eigenvalue weighted by atomic mass is 10.2. The van der Waals surface area contributed by atoms with Crippen LogP contribution in [0, 0.1) is 0 Å². The highest BCUT2D eigenvalue weighted by atomic mass is 35.5. The first-order valence-corrected chi connectivity index (χ1v) is 8.68. The first-order valence-electron chi connectivity index (χ1n) is 6.83.